The van der Waals surface area contributed by atoms with E-state index in [4.69, 9.17) is 14.5 Å². The summed E-state index contributed by atoms with van der Waals surface area (Å²) in [6.07, 6.45) is 3.79. The van der Waals surface area contributed by atoms with E-state index in [1.807, 2.05) is 18.4 Å². The molecule has 0 aliphatic carbocycles. The lowest BCUT2D eigenvalue weighted by Crippen LogP contribution is -2.62. The van der Waals surface area contributed by atoms with Crippen LogP contribution in [-0.2, 0) is 16.2 Å². The third-order valence-corrected chi connectivity index (χ3v) is 9.67. The summed E-state index contributed by atoms with van der Waals surface area (Å²) in [5, 5.41) is 16.3. The van der Waals surface area contributed by atoms with Crippen LogP contribution in [0, 0.1) is 5.41 Å². The maximum absolute atomic E-state index is 13.3. The minimum absolute atomic E-state index is 0.00226. The average Bonchev–Trinajstić information content (AvgIpc) is 3.18. The molecule has 2 aromatic rings. The lowest BCUT2D eigenvalue weighted by atomic mass is 9.68. The van der Waals surface area contributed by atoms with Crippen LogP contribution in [0.4, 0.5) is 10.6 Å². The van der Waals surface area contributed by atoms with Crippen molar-refractivity contribution >= 4 is 37.1 Å². The van der Waals surface area contributed by atoms with Crippen LogP contribution in [0.3, 0.4) is 0 Å². The smallest absolute Gasteiger partial charge is 0.407 e. The van der Waals surface area contributed by atoms with Gasteiger partial charge in [-0.1, -0.05) is 40.4 Å². The molecule has 3 atom stereocenters. The number of hydrogen-bond acceptors (Lipinski definition) is 7. The normalized spacial score (nSPS) is 20.9. The summed E-state index contributed by atoms with van der Waals surface area (Å²) in [6, 6.07) is 0.868. The van der Waals surface area contributed by atoms with Crippen molar-refractivity contribution in [3.8, 4) is 0 Å². The molecule has 0 radical (unpaired) electrons. The summed E-state index contributed by atoms with van der Waals surface area (Å²) in [7, 11) is 0.366. The van der Waals surface area contributed by atoms with Gasteiger partial charge in [-0.05, 0) is 38.1 Å². The fraction of sp³-hybridized carbons (Fsp3) is 0.714. The number of aromatic nitrogens is 3. The van der Waals surface area contributed by atoms with Crippen LogP contribution in [-0.4, -0.2) is 89.1 Å². The molecule has 1 saturated heterocycles. The molecule has 12 heteroatoms. The summed E-state index contributed by atoms with van der Waals surface area (Å²) < 4.78 is 13.0. The Morgan fingerprint density at radius 1 is 1.30 bits per heavy atom. The molecule has 2 amide bonds. The van der Waals surface area contributed by atoms with E-state index >= 15 is 0 Å². The lowest BCUT2D eigenvalue weighted by molar-refractivity contribution is -0.0151. The Morgan fingerprint density at radius 2 is 2.00 bits per heavy atom. The SMILES string of the molecule is COCC(C)NC(=O)c1cn(COCC[Si](C)(C)C)c2ncc(N[C@@H]3CCN(C(=O)O)[C@@](C)(C(C)(C)C)C3)nc12. The number of piperidine rings is 1. The van der Waals surface area contributed by atoms with Crippen LogP contribution in [0.2, 0.25) is 25.7 Å². The first-order valence-corrected chi connectivity index (χ1v) is 17.8. The second-order valence-electron chi connectivity index (χ2n) is 13.4. The summed E-state index contributed by atoms with van der Waals surface area (Å²) in [4.78, 5) is 36.3. The second-order valence-corrected chi connectivity index (χ2v) is 19.0. The van der Waals surface area contributed by atoms with Gasteiger partial charge in [-0.15, -0.1) is 0 Å². The first-order valence-electron chi connectivity index (χ1n) is 14.1. The Bertz CT molecular complexity index is 1190. The molecule has 3 rings (SSSR count). The van der Waals surface area contributed by atoms with Gasteiger partial charge < -0.3 is 34.7 Å². The monoisotopic (exact) mass is 576 g/mol. The molecule has 1 aliphatic heterocycles. The molecule has 3 heterocycles. The Labute approximate surface area is 239 Å². The van der Waals surface area contributed by atoms with Crippen molar-refractivity contribution in [3.05, 3.63) is 18.0 Å². The number of ether oxygens (including phenoxy) is 2. The van der Waals surface area contributed by atoms with Gasteiger partial charge in [0.25, 0.3) is 5.91 Å². The summed E-state index contributed by atoms with van der Waals surface area (Å²) in [6.45, 7) is 18.8. The summed E-state index contributed by atoms with van der Waals surface area (Å²) in [5.74, 6) is 0.297. The number of carbonyl (C=O) groups excluding carboxylic acids is 1. The molecule has 0 aromatic carbocycles. The van der Waals surface area contributed by atoms with Crippen molar-refractivity contribution in [2.24, 2.45) is 5.41 Å². The van der Waals surface area contributed by atoms with E-state index in [-0.39, 0.29) is 30.1 Å². The van der Waals surface area contributed by atoms with Crippen LogP contribution in [0.1, 0.15) is 57.8 Å². The molecule has 0 bridgehead atoms. The van der Waals surface area contributed by atoms with Gasteiger partial charge >= 0.3 is 6.09 Å². The predicted molar refractivity (Wildman–Crippen MR) is 160 cm³/mol. The number of carboxylic acid groups (broad SMARTS) is 1. The Kier molecular flexibility index (Phi) is 9.89. The molecule has 1 unspecified atom stereocenters. The van der Waals surface area contributed by atoms with Gasteiger partial charge in [0.05, 0.1) is 23.9 Å². The number of rotatable bonds is 11. The second kappa shape index (κ2) is 12.4. The van der Waals surface area contributed by atoms with Crippen molar-refractivity contribution in [2.45, 2.75) is 97.5 Å². The highest BCUT2D eigenvalue weighted by Gasteiger charge is 2.49. The first-order chi connectivity index (χ1) is 18.6. The van der Waals surface area contributed by atoms with Gasteiger partial charge in [0.15, 0.2) is 5.65 Å². The van der Waals surface area contributed by atoms with Crippen molar-refractivity contribution in [1.82, 2.24) is 24.8 Å². The van der Waals surface area contributed by atoms with Gasteiger partial charge in [0, 0.05) is 46.6 Å². The topological polar surface area (TPSA) is 131 Å². The zero-order valence-corrected chi connectivity index (χ0v) is 26.6. The van der Waals surface area contributed by atoms with Crippen molar-refractivity contribution in [1.29, 1.82) is 0 Å². The highest BCUT2D eigenvalue weighted by Crippen LogP contribution is 2.43. The van der Waals surface area contributed by atoms with E-state index in [0.717, 1.165) is 6.04 Å². The molecule has 2 aromatic heterocycles. The first kappa shape index (κ1) is 31.8. The molecule has 11 nitrogen and oxygen atoms in total. The van der Waals surface area contributed by atoms with Gasteiger partial charge in [0.2, 0.25) is 0 Å². The number of nitrogens with zero attached hydrogens (tertiary/aromatic N) is 4. The molecule has 0 spiro atoms. The molecule has 224 valence electrons. The standard InChI is InChI=1S/C28H48N6O5Si/c1-19(17-38-6)30-25(35)21-16-33(18-39-12-13-40(7,8)9)24-23(21)32-22(15-29-24)31-20-10-11-34(26(36)37)28(5,14-20)27(2,3)4/h15-16,19-20H,10-14,17-18H2,1-9H3,(H,30,35)(H,31,32)(H,36,37)/t19?,20-,28-/m1/s1. The van der Waals surface area contributed by atoms with Gasteiger partial charge in [0.1, 0.15) is 18.1 Å². The molecule has 0 saturated carbocycles. The quantitative estimate of drug-likeness (QED) is 0.255. The van der Waals surface area contributed by atoms with Crippen LogP contribution < -0.4 is 10.6 Å². The molecule has 1 fully saturated rings. The van der Waals surface area contributed by atoms with Crippen molar-refractivity contribution in [2.75, 3.05) is 32.2 Å². The lowest BCUT2D eigenvalue weighted by Gasteiger charge is -2.53. The highest BCUT2D eigenvalue weighted by atomic mass is 28.3. The summed E-state index contributed by atoms with van der Waals surface area (Å²) >= 11 is 0. The Balaban J connectivity index is 1.88. The molecule has 1 aliphatic rings. The predicted octanol–water partition coefficient (Wildman–Crippen LogP) is 4.87. The number of nitrogens with one attached hydrogen (secondary N) is 2. The average molecular weight is 577 g/mol. The fourth-order valence-electron chi connectivity index (χ4n) is 5.09. The van der Waals surface area contributed by atoms with Gasteiger partial charge in [-0.25, -0.2) is 14.8 Å². The Morgan fingerprint density at radius 3 is 2.60 bits per heavy atom. The summed E-state index contributed by atoms with van der Waals surface area (Å²) in [5.41, 5.74) is 0.651. The zero-order valence-electron chi connectivity index (χ0n) is 25.6. The molecule has 40 heavy (non-hydrogen) atoms. The van der Waals surface area contributed by atoms with E-state index in [1.165, 1.54) is 0 Å². The zero-order chi connectivity index (χ0) is 29.9. The van der Waals surface area contributed by atoms with E-state index < -0.39 is 19.7 Å². The van der Waals surface area contributed by atoms with Gasteiger partial charge in [-0.3, -0.25) is 4.79 Å². The third kappa shape index (κ3) is 7.52. The van der Waals surface area contributed by atoms with Crippen LogP contribution in [0.5, 0.6) is 0 Å². The molecular formula is C28H48N6O5Si. The van der Waals surface area contributed by atoms with Crippen molar-refractivity contribution in [3.63, 3.8) is 0 Å². The largest absolute Gasteiger partial charge is 0.465 e. The maximum atomic E-state index is 13.3. The minimum atomic E-state index is -1.23. The van der Waals surface area contributed by atoms with E-state index in [0.29, 0.717) is 55.1 Å². The van der Waals surface area contributed by atoms with Crippen molar-refractivity contribution < 1.29 is 24.2 Å². The molecule has 3 N–H and O–H groups in total. The highest BCUT2D eigenvalue weighted by molar-refractivity contribution is 6.76. The van der Waals surface area contributed by atoms with E-state index in [9.17, 15) is 14.7 Å². The number of fused-ring (bicyclic) bond motifs is 1. The third-order valence-electron chi connectivity index (χ3n) is 7.97. The number of likely N-dealkylation sites (tertiary alicyclic amines) is 1. The fourth-order valence-corrected chi connectivity index (χ4v) is 5.85. The van der Waals surface area contributed by atoms with Crippen LogP contribution in [0.25, 0.3) is 11.2 Å². The van der Waals surface area contributed by atoms with Crippen LogP contribution in [0.15, 0.2) is 12.4 Å². The van der Waals surface area contributed by atoms with Crippen LogP contribution >= 0.6 is 0 Å². The maximum Gasteiger partial charge on any atom is 0.407 e. The minimum Gasteiger partial charge on any atom is -0.465 e. The number of amides is 2. The number of anilines is 1. The molecular weight excluding hydrogens is 528 g/mol. The van der Waals surface area contributed by atoms with E-state index in [1.54, 1.807) is 24.4 Å². The van der Waals surface area contributed by atoms with Gasteiger partial charge in [-0.2, -0.15) is 0 Å². The van der Waals surface area contributed by atoms with E-state index in [2.05, 4.69) is 56.0 Å². The Hall–Kier alpha value is -2.70. The number of hydrogen-bond donors (Lipinski definition) is 3. The number of carbonyl (C=O) groups is 2. The number of methoxy groups -OCH3 is 1.